The molecule has 0 aliphatic rings. The molecule has 1 amide bonds. The Morgan fingerprint density at radius 1 is 1.40 bits per heavy atom. The monoisotopic (exact) mass is 294 g/mol. The maximum absolute atomic E-state index is 12.2. The van der Waals surface area contributed by atoms with Crippen molar-refractivity contribution in [2.24, 2.45) is 11.7 Å². The van der Waals surface area contributed by atoms with Gasteiger partial charge in [0.1, 0.15) is 4.99 Å². The van der Waals surface area contributed by atoms with Crippen molar-refractivity contribution in [2.75, 3.05) is 13.2 Å². The maximum Gasteiger partial charge on any atom is 0.251 e. The molecule has 1 atom stereocenters. The molecule has 1 aromatic carbocycles. The first-order valence-electron chi connectivity index (χ1n) is 6.74. The smallest absolute Gasteiger partial charge is 0.251 e. The van der Waals surface area contributed by atoms with Gasteiger partial charge in [-0.2, -0.15) is 0 Å². The topological polar surface area (TPSA) is 64.3 Å². The summed E-state index contributed by atoms with van der Waals surface area (Å²) in [6.45, 7) is 7.18. The molecule has 3 N–H and O–H groups in total. The van der Waals surface area contributed by atoms with Crippen LogP contribution in [0.3, 0.4) is 0 Å². The summed E-state index contributed by atoms with van der Waals surface area (Å²) in [5, 5.41) is 2.99. The summed E-state index contributed by atoms with van der Waals surface area (Å²) >= 11 is 4.92. The first kappa shape index (κ1) is 16.6. The quantitative estimate of drug-likeness (QED) is 0.756. The molecule has 0 heterocycles. The van der Waals surface area contributed by atoms with E-state index in [4.69, 9.17) is 22.7 Å². The first-order valence-corrected chi connectivity index (χ1v) is 7.15. The first-order chi connectivity index (χ1) is 9.45. The predicted molar refractivity (Wildman–Crippen MR) is 84.9 cm³/mol. The second-order valence-electron chi connectivity index (χ2n) is 4.93. The van der Waals surface area contributed by atoms with Gasteiger partial charge in [-0.15, -0.1) is 0 Å². The Morgan fingerprint density at radius 3 is 2.60 bits per heavy atom. The number of nitrogens with two attached hydrogens (primary N) is 1. The van der Waals surface area contributed by atoms with E-state index in [9.17, 15) is 4.79 Å². The Hall–Kier alpha value is -1.46. The molecule has 0 aliphatic heterocycles. The van der Waals surface area contributed by atoms with E-state index in [0.29, 0.717) is 30.3 Å². The normalized spacial score (nSPS) is 12.2. The lowest BCUT2D eigenvalue weighted by Crippen LogP contribution is -2.42. The van der Waals surface area contributed by atoms with Crippen LogP contribution in [-0.2, 0) is 4.74 Å². The zero-order chi connectivity index (χ0) is 15.1. The summed E-state index contributed by atoms with van der Waals surface area (Å²) in [7, 11) is 0. The van der Waals surface area contributed by atoms with Crippen LogP contribution in [0.15, 0.2) is 24.3 Å². The van der Waals surface area contributed by atoms with Gasteiger partial charge in [0, 0.05) is 17.7 Å². The summed E-state index contributed by atoms with van der Waals surface area (Å²) in [4.78, 5) is 12.5. The van der Waals surface area contributed by atoms with Gasteiger partial charge >= 0.3 is 0 Å². The van der Waals surface area contributed by atoms with Crippen LogP contribution in [0.25, 0.3) is 0 Å². The van der Waals surface area contributed by atoms with E-state index in [-0.39, 0.29) is 16.9 Å². The molecule has 4 nitrogen and oxygen atoms in total. The van der Waals surface area contributed by atoms with Gasteiger partial charge in [0.2, 0.25) is 0 Å². The molecule has 20 heavy (non-hydrogen) atoms. The molecule has 5 heteroatoms. The molecule has 0 aliphatic carbocycles. The fraction of sp³-hybridized carbons (Fsp3) is 0.467. The van der Waals surface area contributed by atoms with Crippen LogP contribution in [0.1, 0.15) is 36.7 Å². The minimum absolute atomic E-state index is 0.0177. The van der Waals surface area contributed by atoms with E-state index in [1.54, 1.807) is 24.3 Å². The lowest BCUT2D eigenvalue weighted by Gasteiger charge is -2.22. The standard InChI is InChI=1S/C15H22N2O2S/c1-4-19-9-13(10(2)3)17-15(18)12-7-5-6-11(8-12)14(16)20/h5-8,10,13H,4,9H2,1-3H3,(H2,16,20)(H,17,18). The number of thiocarbonyl (C=S) groups is 1. The molecular weight excluding hydrogens is 272 g/mol. The lowest BCUT2D eigenvalue weighted by molar-refractivity contribution is 0.0806. The minimum Gasteiger partial charge on any atom is -0.389 e. The zero-order valence-electron chi connectivity index (χ0n) is 12.2. The van der Waals surface area contributed by atoms with E-state index >= 15 is 0 Å². The van der Waals surface area contributed by atoms with Crippen LogP contribution in [0.5, 0.6) is 0 Å². The number of carbonyl (C=O) groups excluding carboxylic acids is 1. The fourth-order valence-corrected chi connectivity index (χ4v) is 1.84. The maximum atomic E-state index is 12.2. The van der Waals surface area contributed by atoms with E-state index < -0.39 is 0 Å². The fourth-order valence-electron chi connectivity index (χ4n) is 1.71. The molecule has 0 fully saturated rings. The third kappa shape index (κ3) is 4.90. The molecule has 0 radical (unpaired) electrons. The SMILES string of the molecule is CCOCC(NC(=O)c1cccc(C(N)=S)c1)C(C)C. The van der Waals surface area contributed by atoms with Crippen LogP contribution >= 0.6 is 12.2 Å². The molecule has 1 aromatic rings. The van der Waals surface area contributed by atoms with Gasteiger partial charge in [-0.3, -0.25) is 4.79 Å². The average molecular weight is 294 g/mol. The number of carbonyl (C=O) groups is 1. The zero-order valence-corrected chi connectivity index (χ0v) is 13.0. The highest BCUT2D eigenvalue weighted by atomic mass is 32.1. The highest BCUT2D eigenvalue weighted by Crippen LogP contribution is 2.08. The van der Waals surface area contributed by atoms with Gasteiger partial charge in [-0.1, -0.05) is 38.2 Å². The molecule has 110 valence electrons. The molecule has 1 unspecified atom stereocenters. The van der Waals surface area contributed by atoms with Gasteiger partial charge in [0.05, 0.1) is 12.6 Å². The molecule has 0 aromatic heterocycles. The second-order valence-corrected chi connectivity index (χ2v) is 5.37. The highest BCUT2D eigenvalue weighted by molar-refractivity contribution is 7.80. The number of benzene rings is 1. The average Bonchev–Trinajstić information content (AvgIpc) is 2.42. The van der Waals surface area contributed by atoms with Crippen LogP contribution in [-0.4, -0.2) is 30.2 Å². The van der Waals surface area contributed by atoms with Crippen LogP contribution < -0.4 is 11.1 Å². The third-order valence-corrected chi connectivity index (χ3v) is 3.27. The number of amides is 1. The summed E-state index contributed by atoms with van der Waals surface area (Å²) in [5.74, 6) is 0.158. The van der Waals surface area contributed by atoms with Gasteiger partial charge in [-0.05, 0) is 25.0 Å². The summed E-state index contributed by atoms with van der Waals surface area (Å²) in [5.41, 5.74) is 6.82. The molecule has 0 bridgehead atoms. The lowest BCUT2D eigenvalue weighted by atomic mass is 10.0. The summed E-state index contributed by atoms with van der Waals surface area (Å²) < 4.78 is 5.40. The van der Waals surface area contributed by atoms with Crippen molar-refractivity contribution < 1.29 is 9.53 Å². The summed E-state index contributed by atoms with van der Waals surface area (Å²) in [6.07, 6.45) is 0. The molecular formula is C15H22N2O2S. The molecule has 1 rings (SSSR count). The van der Waals surface area contributed by atoms with Gasteiger partial charge in [-0.25, -0.2) is 0 Å². The van der Waals surface area contributed by atoms with Crippen molar-refractivity contribution in [1.29, 1.82) is 0 Å². The van der Waals surface area contributed by atoms with Crippen molar-refractivity contribution in [3.05, 3.63) is 35.4 Å². The van der Waals surface area contributed by atoms with Crippen molar-refractivity contribution in [2.45, 2.75) is 26.8 Å². The molecule has 0 saturated heterocycles. The van der Waals surface area contributed by atoms with Gasteiger partial charge in [0.25, 0.3) is 5.91 Å². The number of nitrogens with one attached hydrogen (secondary N) is 1. The van der Waals surface area contributed by atoms with E-state index in [0.717, 1.165) is 0 Å². The van der Waals surface area contributed by atoms with Crippen molar-refractivity contribution >= 4 is 23.1 Å². The van der Waals surface area contributed by atoms with Crippen LogP contribution in [0.2, 0.25) is 0 Å². The molecule has 0 spiro atoms. The third-order valence-electron chi connectivity index (χ3n) is 3.03. The Kier molecular flexibility index (Phi) is 6.61. The predicted octanol–water partition coefficient (Wildman–Crippen LogP) is 2.11. The van der Waals surface area contributed by atoms with E-state index in [2.05, 4.69) is 19.2 Å². The Morgan fingerprint density at radius 2 is 2.05 bits per heavy atom. The number of ether oxygens (including phenoxy) is 1. The van der Waals surface area contributed by atoms with E-state index in [1.807, 2.05) is 6.92 Å². The van der Waals surface area contributed by atoms with Crippen molar-refractivity contribution in [3.63, 3.8) is 0 Å². The summed E-state index contributed by atoms with van der Waals surface area (Å²) in [6, 6.07) is 7.00. The highest BCUT2D eigenvalue weighted by Gasteiger charge is 2.17. The van der Waals surface area contributed by atoms with Crippen molar-refractivity contribution in [1.82, 2.24) is 5.32 Å². The number of hydrogen-bond donors (Lipinski definition) is 2. The van der Waals surface area contributed by atoms with Crippen molar-refractivity contribution in [3.8, 4) is 0 Å². The van der Waals surface area contributed by atoms with Crippen LogP contribution in [0.4, 0.5) is 0 Å². The number of rotatable bonds is 7. The van der Waals surface area contributed by atoms with Gasteiger partial charge in [0.15, 0.2) is 0 Å². The largest absolute Gasteiger partial charge is 0.389 e. The molecule has 0 saturated carbocycles. The van der Waals surface area contributed by atoms with Gasteiger partial charge < -0.3 is 15.8 Å². The van der Waals surface area contributed by atoms with E-state index in [1.165, 1.54) is 0 Å². The second kappa shape index (κ2) is 7.97. The minimum atomic E-state index is -0.137. The Bertz CT molecular complexity index is 475. The Labute approximate surface area is 125 Å². The van der Waals surface area contributed by atoms with Crippen LogP contribution in [0, 0.1) is 5.92 Å². The Balaban J connectivity index is 2.78. The number of hydrogen-bond acceptors (Lipinski definition) is 3.